The van der Waals surface area contributed by atoms with Gasteiger partial charge in [0.2, 0.25) is 0 Å². The Bertz CT molecular complexity index is 107. The van der Waals surface area contributed by atoms with Gasteiger partial charge in [-0.05, 0) is 11.5 Å². The van der Waals surface area contributed by atoms with Gasteiger partial charge >= 0.3 is 0 Å². The zero-order valence-electron chi connectivity index (χ0n) is 3.98. The second-order valence-corrected chi connectivity index (χ2v) is 2.21. The van der Waals surface area contributed by atoms with Crippen LogP contribution in [0.4, 0.5) is 0 Å². The molecule has 1 rings (SSSR count). The van der Waals surface area contributed by atoms with E-state index in [0.717, 1.165) is 11.6 Å². The largest absolute Gasteiger partial charge is 0.376 e. The van der Waals surface area contributed by atoms with Crippen LogP contribution in [0.15, 0.2) is 23.8 Å². The molecule has 0 fully saturated rings. The maximum atomic E-state index is 3.70. The van der Waals surface area contributed by atoms with E-state index in [9.17, 15) is 0 Å². The van der Waals surface area contributed by atoms with E-state index >= 15 is 0 Å². The van der Waals surface area contributed by atoms with E-state index in [2.05, 4.69) is 11.9 Å². The minimum atomic E-state index is 0.968. The van der Waals surface area contributed by atoms with Crippen LogP contribution >= 0.6 is 11.8 Å². The highest BCUT2D eigenvalue weighted by Gasteiger charge is 1.90. The molecule has 0 atom stereocenters. The fourth-order valence-corrected chi connectivity index (χ4v) is 0.997. The van der Waals surface area contributed by atoms with E-state index in [-0.39, 0.29) is 0 Å². The summed E-state index contributed by atoms with van der Waals surface area (Å²) in [7, 11) is 0. The first kappa shape index (κ1) is 4.78. The molecule has 0 bridgehead atoms. The van der Waals surface area contributed by atoms with Crippen LogP contribution in [0.5, 0.6) is 0 Å². The highest BCUT2D eigenvalue weighted by atomic mass is 32.2. The van der Waals surface area contributed by atoms with Crippen molar-refractivity contribution in [2.24, 2.45) is 0 Å². The summed E-state index contributed by atoms with van der Waals surface area (Å²) in [6, 6.07) is 0. The molecule has 1 aliphatic rings. The summed E-state index contributed by atoms with van der Waals surface area (Å²) in [6.45, 7) is 3.70. The summed E-state index contributed by atoms with van der Waals surface area (Å²) in [6.07, 6.45) is 1.97. The van der Waals surface area contributed by atoms with Crippen molar-refractivity contribution in [1.82, 2.24) is 5.32 Å². The van der Waals surface area contributed by atoms with Crippen molar-refractivity contribution in [3.8, 4) is 0 Å². The van der Waals surface area contributed by atoms with Gasteiger partial charge in [0.25, 0.3) is 0 Å². The predicted molar refractivity (Wildman–Crippen MR) is 33.9 cm³/mol. The Morgan fingerprint density at radius 1 is 1.86 bits per heavy atom. The zero-order valence-corrected chi connectivity index (χ0v) is 4.79. The summed E-state index contributed by atoms with van der Waals surface area (Å²) < 4.78 is 0. The summed E-state index contributed by atoms with van der Waals surface area (Å²) in [5.41, 5.74) is 1.01. The van der Waals surface area contributed by atoms with Crippen molar-refractivity contribution in [1.29, 1.82) is 0 Å². The molecule has 0 aromatic carbocycles. The molecule has 38 valence electrons. The lowest BCUT2D eigenvalue weighted by Crippen LogP contribution is -2.11. The molecule has 1 nitrogen and oxygen atoms in total. The van der Waals surface area contributed by atoms with Crippen molar-refractivity contribution < 1.29 is 0 Å². The molecule has 0 radical (unpaired) electrons. The van der Waals surface area contributed by atoms with Gasteiger partial charge in [0.1, 0.15) is 0 Å². The number of nitrogens with one attached hydrogen (secondary N) is 1. The molecule has 2 heteroatoms. The third-order valence-electron chi connectivity index (χ3n) is 0.748. The second kappa shape index (κ2) is 2.07. The van der Waals surface area contributed by atoms with E-state index in [1.807, 2.05) is 11.5 Å². The Kier molecular flexibility index (Phi) is 1.42. The lowest BCUT2D eigenvalue weighted by Gasteiger charge is -2.06. The van der Waals surface area contributed by atoms with Gasteiger partial charge in [-0.25, -0.2) is 0 Å². The Morgan fingerprint density at radius 3 is 3.00 bits per heavy atom. The van der Waals surface area contributed by atoms with Crippen LogP contribution in [0, 0.1) is 0 Å². The first-order valence-corrected chi connectivity index (χ1v) is 3.15. The maximum absolute atomic E-state index is 3.70. The van der Waals surface area contributed by atoms with Gasteiger partial charge in [-0.2, -0.15) is 0 Å². The van der Waals surface area contributed by atoms with Gasteiger partial charge < -0.3 is 5.32 Å². The van der Waals surface area contributed by atoms with E-state index in [0.29, 0.717) is 0 Å². The molecule has 0 amide bonds. The van der Waals surface area contributed by atoms with Gasteiger partial charge in [-0.3, -0.25) is 0 Å². The van der Waals surface area contributed by atoms with Crippen molar-refractivity contribution in [3.63, 3.8) is 0 Å². The van der Waals surface area contributed by atoms with E-state index in [1.165, 1.54) is 0 Å². The van der Waals surface area contributed by atoms with Gasteiger partial charge in [-0.15, -0.1) is 11.8 Å². The number of hydrogen-bond acceptors (Lipinski definition) is 2. The monoisotopic (exact) mass is 113 g/mol. The Hall–Kier alpha value is -0.370. The minimum Gasteiger partial charge on any atom is -0.376 e. The van der Waals surface area contributed by atoms with Crippen LogP contribution in [0.3, 0.4) is 0 Å². The molecule has 1 N–H and O–H groups in total. The SMILES string of the molecule is C=C1C=CSCN1. The molecule has 0 aromatic rings. The van der Waals surface area contributed by atoms with Crippen molar-refractivity contribution >= 4 is 11.8 Å². The number of rotatable bonds is 0. The Morgan fingerprint density at radius 2 is 2.71 bits per heavy atom. The minimum absolute atomic E-state index is 0.968. The third kappa shape index (κ3) is 1.27. The van der Waals surface area contributed by atoms with Crippen LogP contribution in [-0.2, 0) is 0 Å². The standard InChI is InChI=1S/C5H7NS/c1-5-2-3-7-4-6-5/h2-3,6H,1,4H2. The molecule has 1 aliphatic heterocycles. The number of thioether (sulfide) groups is 1. The van der Waals surface area contributed by atoms with E-state index < -0.39 is 0 Å². The van der Waals surface area contributed by atoms with Gasteiger partial charge in [0, 0.05) is 5.70 Å². The fraction of sp³-hybridized carbons (Fsp3) is 0.200. The number of hydrogen-bond donors (Lipinski definition) is 1. The summed E-state index contributed by atoms with van der Waals surface area (Å²) in [5, 5.41) is 5.10. The third-order valence-corrected chi connectivity index (χ3v) is 1.39. The highest BCUT2D eigenvalue weighted by Crippen LogP contribution is 2.07. The van der Waals surface area contributed by atoms with Gasteiger partial charge in [-0.1, -0.05) is 6.58 Å². The molecule has 7 heavy (non-hydrogen) atoms. The topological polar surface area (TPSA) is 12.0 Å². The highest BCUT2D eigenvalue weighted by molar-refractivity contribution is 8.02. The molecule has 0 saturated heterocycles. The first-order valence-electron chi connectivity index (χ1n) is 2.10. The smallest absolute Gasteiger partial charge is 0.0651 e. The van der Waals surface area contributed by atoms with Crippen LogP contribution in [0.1, 0.15) is 0 Å². The summed E-state index contributed by atoms with van der Waals surface area (Å²) in [4.78, 5) is 0. The van der Waals surface area contributed by atoms with Gasteiger partial charge in [0.15, 0.2) is 0 Å². The van der Waals surface area contributed by atoms with Gasteiger partial charge in [0.05, 0.1) is 5.88 Å². The molecule has 0 aromatic heterocycles. The zero-order chi connectivity index (χ0) is 5.11. The summed E-state index contributed by atoms with van der Waals surface area (Å²) in [5.74, 6) is 0.968. The van der Waals surface area contributed by atoms with Crippen LogP contribution in [0.25, 0.3) is 0 Å². The van der Waals surface area contributed by atoms with E-state index in [4.69, 9.17) is 0 Å². The number of allylic oxidation sites excluding steroid dienone is 1. The fourth-order valence-electron chi connectivity index (χ4n) is 0.372. The lowest BCUT2D eigenvalue weighted by atomic mass is 10.5. The Labute approximate surface area is 47.5 Å². The van der Waals surface area contributed by atoms with Crippen molar-refractivity contribution in [2.75, 3.05) is 5.88 Å². The van der Waals surface area contributed by atoms with Crippen LogP contribution in [-0.4, -0.2) is 5.88 Å². The quantitative estimate of drug-likeness (QED) is 0.508. The van der Waals surface area contributed by atoms with Crippen molar-refractivity contribution in [3.05, 3.63) is 23.8 Å². The molecule has 0 aliphatic carbocycles. The molecule has 0 saturated carbocycles. The van der Waals surface area contributed by atoms with Crippen molar-refractivity contribution in [2.45, 2.75) is 0 Å². The molecule has 0 spiro atoms. The average molecular weight is 113 g/mol. The van der Waals surface area contributed by atoms with Crippen LogP contribution in [0.2, 0.25) is 0 Å². The average Bonchev–Trinajstić information content (AvgIpc) is 1.69. The lowest BCUT2D eigenvalue weighted by molar-refractivity contribution is 1.00. The predicted octanol–water partition coefficient (Wildman–Crippen LogP) is 1.31. The van der Waals surface area contributed by atoms with E-state index in [1.54, 1.807) is 11.8 Å². The molecular formula is C5H7NS. The molecule has 0 unspecified atom stereocenters. The van der Waals surface area contributed by atoms with Crippen LogP contribution < -0.4 is 5.32 Å². The normalized spacial score (nSPS) is 19.1. The Balaban J connectivity index is 2.51. The molecular weight excluding hydrogens is 106 g/mol. The molecule has 1 heterocycles. The second-order valence-electron chi connectivity index (χ2n) is 1.32. The maximum Gasteiger partial charge on any atom is 0.0651 e. The summed E-state index contributed by atoms with van der Waals surface area (Å²) >= 11 is 1.75. The first-order chi connectivity index (χ1) is 3.39.